The van der Waals surface area contributed by atoms with Gasteiger partial charge in [-0.25, -0.2) is 0 Å². The first-order valence-electron chi connectivity index (χ1n) is 9.84. The summed E-state index contributed by atoms with van der Waals surface area (Å²) in [6.07, 6.45) is 4.87. The number of anilines is 1. The Balaban J connectivity index is 1.31. The largest absolute Gasteiger partial charge is 0.371 e. The van der Waals surface area contributed by atoms with Crippen LogP contribution in [0.4, 0.5) is 5.69 Å². The van der Waals surface area contributed by atoms with Crippen molar-refractivity contribution in [2.75, 3.05) is 44.2 Å². The average Bonchev–Trinajstić information content (AvgIpc) is 2.97. The molecule has 4 aliphatic rings. The van der Waals surface area contributed by atoms with Crippen LogP contribution >= 0.6 is 0 Å². The van der Waals surface area contributed by atoms with Gasteiger partial charge >= 0.3 is 0 Å². The van der Waals surface area contributed by atoms with E-state index in [1.165, 1.54) is 43.6 Å². The third-order valence-electron chi connectivity index (χ3n) is 6.82. The molecule has 1 aromatic carbocycles. The van der Waals surface area contributed by atoms with Gasteiger partial charge in [0.1, 0.15) is 0 Å². The van der Waals surface area contributed by atoms with E-state index in [1.54, 1.807) is 0 Å². The first-order valence-corrected chi connectivity index (χ1v) is 9.84. The lowest BCUT2D eigenvalue weighted by Gasteiger charge is -2.49. The number of piperidine rings is 2. The number of nitrogens with zero attached hydrogens (tertiary/aromatic N) is 2. The Morgan fingerprint density at radius 3 is 2.64 bits per heavy atom. The molecule has 5 heteroatoms. The van der Waals surface area contributed by atoms with Crippen LogP contribution in [-0.4, -0.2) is 56.1 Å². The van der Waals surface area contributed by atoms with Gasteiger partial charge in [-0.05, 0) is 61.4 Å². The maximum absolute atomic E-state index is 12.8. The van der Waals surface area contributed by atoms with Gasteiger partial charge in [0.25, 0.3) is 5.91 Å². The van der Waals surface area contributed by atoms with Gasteiger partial charge in [-0.2, -0.15) is 0 Å². The first-order chi connectivity index (χ1) is 12.2. The Labute approximate surface area is 149 Å². The van der Waals surface area contributed by atoms with Crippen molar-refractivity contribution in [1.82, 2.24) is 15.5 Å². The van der Waals surface area contributed by atoms with Crippen LogP contribution in [0.25, 0.3) is 0 Å². The second-order valence-electron chi connectivity index (χ2n) is 8.37. The molecule has 1 unspecified atom stereocenters. The van der Waals surface area contributed by atoms with Crippen LogP contribution < -0.4 is 15.5 Å². The van der Waals surface area contributed by atoms with Crippen LogP contribution in [0.2, 0.25) is 0 Å². The molecule has 5 rings (SSSR count). The van der Waals surface area contributed by atoms with Gasteiger partial charge in [-0.15, -0.1) is 0 Å². The molecule has 3 fully saturated rings. The normalized spacial score (nSPS) is 28.2. The number of hydrogen-bond donors (Lipinski definition) is 2. The number of fused-ring (bicyclic) bond motifs is 1. The van der Waals surface area contributed by atoms with Crippen molar-refractivity contribution in [3.63, 3.8) is 0 Å². The van der Waals surface area contributed by atoms with E-state index in [9.17, 15) is 4.79 Å². The minimum Gasteiger partial charge on any atom is -0.371 e. The fraction of sp³-hybridized carbons (Fsp3) is 0.650. The van der Waals surface area contributed by atoms with Gasteiger partial charge in [0.2, 0.25) is 0 Å². The second kappa shape index (κ2) is 5.99. The lowest BCUT2D eigenvalue weighted by atomic mass is 9.73. The van der Waals surface area contributed by atoms with Crippen molar-refractivity contribution >= 4 is 11.6 Å². The predicted molar refractivity (Wildman–Crippen MR) is 99.0 cm³/mol. The van der Waals surface area contributed by atoms with E-state index >= 15 is 0 Å². The Bertz CT molecular complexity index is 668. The smallest absolute Gasteiger partial charge is 0.254 e. The highest BCUT2D eigenvalue weighted by Crippen LogP contribution is 2.37. The molecule has 4 aliphatic heterocycles. The van der Waals surface area contributed by atoms with Crippen molar-refractivity contribution < 1.29 is 4.79 Å². The standard InChI is InChI=1S/C20H28N4O/c25-19-18-4-3-16(23-8-5-20(6-9-23)13-22-14-20)10-15(18)12-24(19)17-2-1-7-21-11-17/h3-4,10,17,21-22H,1-2,5-9,11-14H2. The zero-order valence-corrected chi connectivity index (χ0v) is 14.9. The molecule has 25 heavy (non-hydrogen) atoms. The van der Waals surface area contributed by atoms with E-state index in [2.05, 4.69) is 38.6 Å². The highest BCUT2D eigenvalue weighted by atomic mass is 16.2. The molecule has 0 radical (unpaired) electrons. The van der Waals surface area contributed by atoms with Gasteiger partial charge in [0.05, 0.1) is 0 Å². The zero-order valence-electron chi connectivity index (χ0n) is 14.9. The summed E-state index contributed by atoms with van der Waals surface area (Å²) in [6.45, 7) is 7.50. The van der Waals surface area contributed by atoms with Gasteiger partial charge in [-0.1, -0.05) is 0 Å². The molecular weight excluding hydrogens is 312 g/mol. The monoisotopic (exact) mass is 340 g/mol. The number of rotatable bonds is 2. The molecule has 2 N–H and O–H groups in total. The Hall–Kier alpha value is -1.59. The van der Waals surface area contributed by atoms with Crippen LogP contribution in [0.5, 0.6) is 0 Å². The number of carbonyl (C=O) groups is 1. The fourth-order valence-electron chi connectivity index (χ4n) is 4.99. The molecule has 1 spiro atoms. The molecule has 0 aliphatic carbocycles. The number of amides is 1. The average molecular weight is 340 g/mol. The predicted octanol–water partition coefficient (Wildman–Crippen LogP) is 1.58. The molecule has 1 amide bonds. The molecule has 0 aromatic heterocycles. The van der Waals surface area contributed by atoms with E-state index in [-0.39, 0.29) is 5.91 Å². The molecular formula is C20H28N4O. The summed E-state index contributed by atoms with van der Waals surface area (Å²) in [4.78, 5) is 17.4. The Kier molecular flexibility index (Phi) is 3.75. The van der Waals surface area contributed by atoms with Gasteiger partial charge in [0, 0.05) is 56.6 Å². The summed E-state index contributed by atoms with van der Waals surface area (Å²) in [5.41, 5.74) is 4.02. The first kappa shape index (κ1) is 15.6. The third kappa shape index (κ3) is 2.64. The minimum absolute atomic E-state index is 0.230. The molecule has 3 saturated heterocycles. The molecule has 4 heterocycles. The zero-order chi connectivity index (χ0) is 16.9. The van der Waals surface area contributed by atoms with Gasteiger partial charge < -0.3 is 20.4 Å². The van der Waals surface area contributed by atoms with Gasteiger partial charge in [-0.3, -0.25) is 4.79 Å². The van der Waals surface area contributed by atoms with E-state index in [0.717, 1.165) is 44.7 Å². The summed E-state index contributed by atoms with van der Waals surface area (Å²) < 4.78 is 0. The van der Waals surface area contributed by atoms with E-state index in [0.29, 0.717) is 11.5 Å². The highest BCUT2D eigenvalue weighted by Gasteiger charge is 2.40. The van der Waals surface area contributed by atoms with Crippen molar-refractivity contribution in [2.45, 2.75) is 38.3 Å². The number of nitrogens with one attached hydrogen (secondary N) is 2. The van der Waals surface area contributed by atoms with Crippen LogP contribution in [0.3, 0.4) is 0 Å². The van der Waals surface area contributed by atoms with Crippen LogP contribution in [0.15, 0.2) is 18.2 Å². The second-order valence-corrected chi connectivity index (χ2v) is 8.37. The summed E-state index contributed by atoms with van der Waals surface area (Å²) in [6, 6.07) is 6.87. The SMILES string of the molecule is O=C1c2ccc(N3CCC4(CC3)CNC4)cc2CN1C1CCCNC1. The lowest BCUT2D eigenvalue weighted by Crippen LogP contribution is -2.58. The number of carbonyl (C=O) groups excluding carboxylic acids is 1. The van der Waals surface area contributed by atoms with E-state index in [1.807, 2.05) is 0 Å². The van der Waals surface area contributed by atoms with Crippen LogP contribution in [0, 0.1) is 5.41 Å². The highest BCUT2D eigenvalue weighted by molar-refractivity contribution is 5.99. The van der Waals surface area contributed by atoms with Crippen molar-refractivity contribution in [3.05, 3.63) is 29.3 Å². The van der Waals surface area contributed by atoms with Crippen LogP contribution in [-0.2, 0) is 6.54 Å². The number of benzene rings is 1. The molecule has 1 atom stereocenters. The summed E-state index contributed by atoms with van der Waals surface area (Å²) in [5.74, 6) is 0.230. The summed E-state index contributed by atoms with van der Waals surface area (Å²) in [7, 11) is 0. The summed E-state index contributed by atoms with van der Waals surface area (Å²) in [5, 5.41) is 6.87. The lowest BCUT2D eigenvalue weighted by molar-refractivity contribution is 0.0674. The Morgan fingerprint density at radius 2 is 1.96 bits per heavy atom. The molecule has 134 valence electrons. The third-order valence-corrected chi connectivity index (χ3v) is 6.82. The van der Waals surface area contributed by atoms with E-state index < -0.39 is 0 Å². The van der Waals surface area contributed by atoms with Crippen molar-refractivity contribution in [1.29, 1.82) is 0 Å². The molecule has 1 aromatic rings. The molecule has 0 saturated carbocycles. The van der Waals surface area contributed by atoms with Crippen molar-refractivity contribution in [3.8, 4) is 0 Å². The van der Waals surface area contributed by atoms with Gasteiger partial charge in [0.15, 0.2) is 0 Å². The minimum atomic E-state index is 0.230. The maximum atomic E-state index is 12.8. The molecule has 5 nitrogen and oxygen atoms in total. The van der Waals surface area contributed by atoms with Crippen LogP contribution in [0.1, 0.15) is 41.6 Å². The number of hydrogen-bond acceptors (Lipinski definition) is 4. The summed E-state index contributed by atoms with van der Waals surface area (Å²) >= 11 is 0. The Morgan fingerprint density at radius 1 is 1.12 bits per heavy atom. The molecule has 0 bridgehead atoms. The quantitative estimate of drug-likeness (QED) is 0.858. The van der Waals surface area contributed by atoms with Crippen molar-refractivity contribution in [2.24, 2.45) is 5.41 Å². The van der Waals surface area contributed by atoms with E-state index in [4.69, 9.17) is 0 Å². The maximum Gasteiger partial charge on any atom is 0.254 e. The fourth-order valence-corrected chi connectivity index (χ4v) is 4.99. The topological polar surface area (TPSA) is 47.6 Å².